The molecule has 0 amide bonds. The maximum absolute atomic E-state index is 5.85. The topological polar surface area (TPSA) is 17.8 Å². The van der Waals surface area contributed by atoms with E-state index in [2.05, 4.69) is 11.6 Å². The van der Waals surface area contributed by atoms with Gasteiger partial charge in [0.15, 0.2) is 0 Å². The summed E-state index contributed by atoms with van der Waals surface area (Å²) < 4.78 is 2.02. The monoisotopic (exact) mass is 232 g/mol. The van der Waals surface area contributed by atoms with Gasteiger partial charge in [0.1, 0.15) is 5.82 Å². The molecular weight excluding hydrogens is 220 g/mol. The second kappa shape index (κ2) is 4.14. The Kier molecular flexibility index (Phi) is 2.84. The predicted molar refractivity (Wildman–Crippen MR) is 67.5 cm³/mol. The molecule has 2 aromatic rings. The molecule has 0 N–H and O–H groups in total. The van der Waals surface area contributed by atoms with Crippen LogP contribution in [0.2, 0.25) is 5.02 Å². The van der Waals surface area contributed by atoms with Crippen molar-refractivity contribution in [1.82, 2.24) is 9.55 Å². The Morgan fingerprint density at radius 2 is 1.94 bits per heavy atom. The van der Waals surface area contributed by atoms with E-state index < -0.39 is 0 Å². The highest BCUT2D eigenvalue weighted by Gasteiger charge is 2.08. The van der Waals surface area contributed by atoms with Crippen molar-refractivity contribution in [3.05, 3.63) is 59.1 Å². The molecule has 1 aromatic carbocycles. The van der Waals surface area contributed by atoms with Gasteiger partial charge in [-0.3, -0.25) is 0 Å². The van der Waals surface area contributed by atoms with Crippen LogP contribution in [0.1, 0.15) is 17.1 Å². The summed E-state index contributed by atoms with van der Waals surface area (Å²) in [6.45, 7) is 6.07. The Bertz CT molecular complexity index is 523. The van der Waals surface area contributed by atoms with E-state index in [9.17, 15) is 0 Å². The molecule has 0 radical (unpaired) electrons. The normalized spacial score (nSPS) is 10.4. The van der Waals surface area contributed by atoms with Crippen molar-refractivity contribution in [2.24, 2.45) is 7.05 Å². The molecule has 0 unspecified atom stereocenters. The summed E-state index contributed by atoms with van der Waals surface area (Å²) >= 11 is 5.85. The largest absolute Gasteiger partial charge is 0.331 e. The van der Waals surface area contributed by atoms with Crippen LogP contribution in [0.25, 0.3) is 5.57 Å². The lowest BCUT2D eigenvalue weighted by atomic mass is 10.1. The third-order valence-electron chi connectivity index (χ3n) is 2.72. The minimum absolute atomic E-state index is 0.734. The SMILES string of the molecule is C=C(c1ccc(Cl)cc1)c1cnc(C)n1C. The molecule has 2 nitrogen and oxygen atoms in total. The highest BCUT2D eigenvalue weighted by molar-refractivity contribution is 6.30. The molecule has 82 valence electrons. The number of hydrogen-bond donors (Lipinski definition) is 0. The van der Waals surface area contributed by atoms with Crippen molar-refractivity contribution in [1.29, 1.82) is 0 Å². The zero-order chi connectivity index (χ0) is 11.7. The van der Waals surface area contributed by atoms with E-state index in [0.717, 1.165) is 27.7 Å². The molecule has 16 heavy (non-hydrogen) atoms. The standard InChI is InChI=1S/C13H13ClN2/c1-9(11-4-6-12(14)7-5-11)13-8-15-10(2)16(13)3/h4-8H,1H2,2-3H3. The first kappa shape index (κ1) is 11.0. The van der Waals surface area contributed by atoms with Crippen molar-refractivity contribution in [2.45, 2.75) is 6.92 Å². The molecule has 0 aliphatic carbocycles. The summed E-state index contributed by atoms with van der Waals surface area (Å²) in [6.07, 6.45) is 1.84. The Morgan fingerprint density at radius 3 is 2.44 bits per heavy atom. The van der Waals surface area contributed by atoms with Crippen LogP contribution in [0.15, 0.2) is 37.0 Å². The van der Waals surface area contributed by atoms with E-state index in [4.69, 9.17) is 11.6 Å². The lowest BCUT2D eigenvalue weighted by molar-refractivity contribution is 0.846. The second-order valence-corrected chi connectivity index (χ2v) is 4.17. The molecule has 0 aliphatic rings. The molecule has 0 saturated carbocycles. The van der Waals surface area contributed by atoms with Gasteiger partial charge in [-0.15, -0.1) is 0 Å². The van der Waals surface area contributed by atoms with Crippen LogP contribution in [-0.4, -0.2) is 9.55 Å². The average Bonchev–Trinajstić information content (AvgIpc) is 2.60. The Morgan fingerprint density at radius 1 is 1.31 bits per heavy atom. The first-order valence-electron chi connectivity index (χ1n) is 5.03. The van der Waals surface area contributed by atoms with Crippen LogP contribution in [0.3, 0.4) is 0 Å². The van der Waals surface area contributed by atoms with Gasteiger partial charge in [0.2, 0.25) is 0 Å². The quantitative estimate of drug-likeness (QED) is 0.776. The Hall–Kier alpha value is -1.54. The van der Waals surface area contributed by atoms with Gasteiger partial charge in [0, 0.05) is 12.1 Å². The first-order chi connectivity index (χ1) is 7.59. The van der Waals surface area contributed by atoms with Gasteiger partial charge in [0.05, 0.1) is 11.9 Å². The van der Waals surface area contributed by atoms with Crippen molar-refractivity contribution in [3.63, 3.8) is 0 Å². The molecular formula is C13H13ClN2. The number of hydrogen-bond acceptors (Lipinski definition) is 1. The molecule has 3 heteroatoms. The fourth-order valence-corrected chi connectivity index (χ4v) is 1.71. The zero-order valence-electron chi connectivity index (χ0n) is 9.37. The maximum atomic E-state index is 5.85. The van der Waals surface area contributed by atoms with E-state index >= 15 is 0 Å². The summed E-state index contributed by atoms with van der Waals surface area (Å²) in [5, 5.41) is 0.734. The van der Waals surface area contributed by atoms with Crippen molar-refractivity contribution < 1.29 is 0 Å². The number of aromatic nitrogens is 2. The van der Waals surface area contributed by atoms with E-state index in [1.165, 1.54) is 0 Å². The van der Waals surface area contributed by atoms with E-state index in [1.807, 2.05) is 49.0 Å². The fraction of sp³-hybridized carbons (Fsp3) is 0.154. The van der Waals surface area contributed by atoms with Crippen molar-refractivity contribution in [2.75, 3.05) is 0 Å². The van der Waals surface area contributed by atoms with E-state index in [0.29, 0.717) is 0 Å². The number of aryl methyl sites for hydroxylation is 1. The summed E-state index contributed by atoms with van der Waals surface area (Å²) in [4.78, 5) is 4.26. The highest BCUT2D eigenvalue weighted by atomic mass is 35.5. The van der Waals surface area contributed by atoms with Gasteiger partial charge >= 0.3 is 0 Å². The highest BCUT2D eigenvalue weighted by Crippen LogP contribution is 2.23. The van der Waals surface area contributed by atoms with Crippen LogP contribution < -0.4 is 0 Å². The molecule has 0 bridgehead atoms. The van der Waals surface area contributed by atoms with Crippen LogP contribution >= 0.6 is 11.6 Å². The molecule has 1 heterocycles. The van der Waals surface area contributed by atoms with Gasteiger partial charge in [-0.05, 0) is 30.2 Å². The average molecular weight is 233 g/mol. The van der Waals surface area contributed by atoms with Crippen LogP contribution in [0.5, 0.6) is 0 Å². The molecule has 2 rings (SSSR count). The summed E-state index contributed by atoms with van der Waals surface area (Å²) in [6, 6.07) is 7.66. The minimum Gasteiger partial charge on any atom is -0.331 e. The lowest BCUT2D eigenvalue weighted by Gasteiger charge is -2.07. The number of imidazole rings is 1. The third-order valence-corrected chi connectivity index (χ3v) is 2.97. The predicted octanol–water partition coefficient (Wildman–Crippen LogP) is 3.44. The zero-order valence-corrected chi connectivity index (χ0v) is 10.1. The van der Waals surface area contributed by atoms with Crippen LogP contribution in [0.4, 0.5) is 0 Å². The third kappa shape index (κ3) is 1.89. The van der Waals surface area contributed by atoms with Gasteiger partial charge < -0.3 is 4.57 Å². The smallest absolute Gasteiger partial charge is 0.105 e. The van der Waals surface area contributed by atoms with Gasteiger partial charge in [0.25, 0.3) is 0 Å². The molecule has 1 aromatic heterocycles. The fourth-order valence-electron chi connectivity index (χ4n) is 1.58. The number of rotatable bonds is 2. The molecule has 0 fully saturated rings. The maximum Gasteiger partial charge on any atom is 0.105 e. The molecule has 0 spiro atoms. The Labute approximate surface area is 100 Å². The molecule has 0 aliphatic heterocycles. The van der Waals surface area contributed by atoms with Crippen LogP contribution in [0, 0.1) is 6.92 Å². The van der Waals surface area contributed by atoms with E-state index in [-0.39, 0.29) is 0 Å². The van der Waals surface area contributed by atoms with Gasteiger partial charge in [-0.1, -0.05) is 30.3 Å². The summed E-state index contributed by atoms with van der Waals surface area (Å²) in [5.41, 5.74) is 3.05. The minimum atomic E-state index is 0.734. The molecule has 0 atom stereocenters. The summed E-state index contributed by atoms with van der Waals surface area (Å²) in [5.74, 6) is 0.977. The van der Waals surface area contributed by atoms with Crippen molar-refractivity contribution >= 4 is 17.2 Å². The van der Waals surface area contributed by atoms with Gasteiger partial charge in [-0.2, -0.15) is 0 Å². The van der Waals surface area contributed by atoms with Crippen LogP contribution in [-0.2, 0) is 7.05 Å². The second-order valence-electron chi connectivity index (χ2n) is 3.74. The summed E-state index contributed by atoms with van der Waals surface area (Å²) in [7, 11) is 1.98. The lowest BCUT2D eigenvalue weighted by Crippen LogP contribution is -1.98. The first-order valence-corrected chi connectivity index (χ1v) is 5.41. The molecule has 0 saturated heterocycles. The van der Waals surface area contributed by atoms with E-state index in [1.54, 1.807) is 0 Å². The van der Waals surface area contributed by atoms with Gasteiger partial charge in [-0.25, -0.2) is 4.98 Å². The number of nitrogens with zero attached hydrogens (tertiary/aromatic N) is 2. The Balaban J connectivity index is 2.39. The number of halogens is 1. The van der Waals surface area contributed by atoms with Crippen molar-refractivity contribution in [3.8, 4) is 0 Å². The number of benzene rings is 1.